The summed E-state index contributed by atoms with van der Waals surface area (Å²) >= 11 is 0. The van der Waals surface area contributed by atoms with Crippen LogP contribution in [0.1, 0.15) is 22.3 Å². The fourth-order valence-corrected chi connectivity index (χ4v) is 17.0. The van der Waals surface area contributed by atoms with E-state index in [9.17, 15) is 0 Å². The molecule has 0 N–H and O–H groups in total. The Kier molecular flexibility index (Phi) is 9.73. The molecule has 290 valence electrons. The van der Waals surface area contributed by atoms with Crippen molar-refractivity contribution in [2.24, 2.45) is 13.5 Å². The zero-order valence-corrected chi connectivity index (χ0v) is 34.4. The standard InChI is InChI=1S/C40H36N11O4P3/c1-29-15-21-43-37(25-29)52-57(53-38-26-30(2)16-22-44-38)47-56(48-58(49-57,54-39-27-31(3)17-23-45-39)55-40-28-32(4)18-24-46-40)50(35-13-7-9-19-41-35)33-11-5-6-12-34(33)51(56)36-14-8-10-20-42-36/h5-28H,1-4H3. The van der Waals surface area contributed by atoms with Gasteiger partial charge in [-0.25, -0.2) is 29.9 Å². The Morgan fingerprint density at radius 2 is 0.741 bits per heavy atom. The van der Waals surface area contributed by atoms with Crippen LogP contribution in [0, 0.1) is 27.7 Å². The molecule has 2 aliphatic heterocycles. The van der Waals surface area contributed by atoms with Crippen LogP contribution in [0.3, 0.4) is 0 Å². The van der Waals surface area contributed by atoms with E-state index in [4.69, 9.17) is 41.6 Å². The number of aromatic nitrogens is 6. The molecular formula is C40H36N11O4P3. The molecule has 0 saturated carbocycles. The molecular weight excluding hydrogens is 791 g/mol. The lowest BCUT2D eigenvalue weighted by Crippen LogP contribution is -2.21. The van der Waals surface area contributed by atoms with Gasteiger partial charge in [0.05, 0.1) is 11.4 Å². The van der Waals surface area contributed by atoms with E-state index >= 15 is 0 Å². The molecule has 0 unspecified atom stereocenters. The van der Waals surface area contributed by atoms with Gasteiger partial charge in [0.1, 0.15) is 11.6 Å². The van der Waals surface area contributed by atoms with Crippen LogP contribution < -0.4 is 27.4 Å². The van der Waals surface area contributed by atoms with Crippen molar-refractivity contribution in [2.75, 3.05) is 9.34 Å². The molecule has 0 saturated heterocycles. The number of benzene rings is 1. The molecule has 6 aromatic heterocycles. The second kappa shape index (κ2) is 15.2. The first-order valence-electron chi connectivity index (χ1n) is 18.1. The molecule has 7 aromatic rings. The number of hydrogen-bond acceptors (Lipinski definition) is 15. The minimum absolute atomic E-state index is 0.208. The fourth-order valence-electron chi connectivity index (χ4n) is 6.24. The molecule has 0 radical (unpaired) electrons. The van der Waals surface area contributed by atoms with Crippen molar-refractivity contribution in [3.05, 3.63) is 169 Å². The first kappa shape index (κ1) is 37.2. The summed E-state index contributed by atoms with van der Waals surface area (Å²) in [6, 6.07) is 33.8. The van der Waals surface area contributed by atoms with E-state index in [1.165, 1.54) is 0 Å². The second-order valence-corrected chi connectivity index (χ2v) is 20.0. The van der Waals surface area contributed by atoms with E-state index < -0.39 is 22.8 Å². The van der Waals surface area contributed by atoms with Crippen molar-refractivity contribution >= 4 is 45.8 Å². The summed E-state index contributed by atoms with van der Waals surface area (Å²) in [6.45, 7) is 7.77. The van der Waals surface area contributed by atoms with Crippen LogP contribution in [0.5, 0.6) is 23.5 Å². The lowest BCUT2D eigenvalue weighted by atomic mass is 10.2. The molecule has 1 aromatic carbocycles. The largest absolute Gasteiger partial charge is 0.460 e. The maximum Gasteiger partial charge on any atom is 0.460 e. The molecule has 1 spiro atoms. The molecule has 2 aliphatic rings. The highest BCUT2D eigenvalue weighted by Gasteiger charge is 2.56. The number of anilines is 4. The van der Waals surface area contributed by atoms with Crippen molar-refractivity contribution in [2.45, 2.75) is 27.7 Å². The third-order valence-electron chi connectivity index (χ3n) is 8.71. The Bertz CT molecular complexity index is 2560. The zero-order chi connectivity index (χ0) is 39.7. The third-order valence-corrected chi connectivity index (χ3v) is 17.9. The van der Waals surface area contributed by atoms with Gasteiger partial charge in [0.25, 0.3) is 7.51 Å². The Morgan fingerprint density at radius 1 is 0.379 bits per heavy atom. The van der Waals surface area contributed by atoms with Gasteiger partial charge in [-0.1, -0.05) is 28.8 Å². The summed E-state index contributed by atoms with van der Waals surface area (Å²) in [5.74, 6) is 1.91. The number of pyridine rings is 6. The maximum absolute atomic E-state index is 7.00. The first-order valence-corrected chi connectivity index (χ1v) is 22.8. The van der Waals surface area contributed by atoms with E-state index in [1.807, 2.05) is 122 Å². The number of nitrogens with zero attached hydrogens (tertiary/aromatic N) is 11. The summed E-state index contributed by atoms with van der Waals surface area (Å²) in [7, 11) is -12.2. The van der Waals surface area contributed by atoms with Gasteiger partial charge in [-0.15, -0.1) is 9.03 Å². The SMILES string of the molecule is Cc1ccnc(OP2(Oc3cc(C)ccn3)=NP(Oc3cc(C)ccn3)(Oc3cc(C)ccn3)=NP3(=N2)N(c2ccccn2)c2ccccc2N3c2ccccn2)c1. The Labute approximate surface area is 335 Å². The number of aryl methyl sites for hydroxylation is 4. The Morgan fingerprint density at radius 3 is 1.09 bits per heavy atom. The minimum Gasteiger partial charge on any atom is -0.395 e. The molecule has 0 amide bonds. The van der Waals surface area contributed by atoms with Gasteiger partial charge in [0, 0.05) is 61.4 Å². The van der Waals surface area contributed by atoms with Gasteiger partial charge < -0.3 is 18.1 Å². The van der Waals surface area contributed by atoms with Crippen LogP contribution in [0.15, 0.2) is 160 Å². The summed E-state index contributed by atoms with van der Waals surface area (Å²) < 4.78 is 48.8. The number of hydrogen-bond donors (Lipinski definition) is 0. The number of fused-ring (bicyclic) bond motifs is 1. The Balaban J connectivity index is 1.47. The van der Waals surface area contributed by atoms with Gasteiger partial charge in [-0.2, -0.15) is 0 Å². The Hall–Kier alpha value is -6.39. The third kappa shape index (κ3) is 7.31. The monoisotopic (exact) mass is 827 g/mol. The predicted octanol–water partition coefficient (Wildman–Crippen LogP) is 11.7. The summed E-state index contributed by atoms with van der Waals surface area (Å²) in [6.07, 6.45) is 10.1. The fraction of sp³-hybridized carbons (Fsp3) is 0.100. The van der Waals surface area contributed by atoms with E-state index in [2.05, 4.69) is 19.9 Å². The molecule has 0 fully saturated rings. The second-order valence-electron chi connectivity index (χ2n) is 13.3. The lowest BCUT2D eigenvalue weighted by Gasteiger charge is -2.38. The normalized spacial score (nSPS) is 15.7. The van der Waals surface area contributed by atoms with E-state index in [0.717, 1.165) is 33.6 Å². The topological polar surface area (TPSA) is 158 Å². The predicted molar refractivity (Wildman–Crippen MR) is 226 cm³/mol. The molecule has 15 nitrogen and oxygen atoms in total. The van der Waals surface area contributed by atoms with Crippen LogP contribution in [-0.2, 0) is 0 Å². The van der Waals surface area contributed by atoms with Crippen molar-refractivity contribution in [3.63, 3.8) is 0 Å². The molecule has 0 atom stereocenters. The molecule has 0 bridgehead atoms. The molecule has 8 heterocycles. The number of rotatable bonds is 10. The quantitative estimate of drug-likeness (QED) is 0.120. The molecule has 9 rings (SSSR count). The highest BCUT2D eigenvalue weighted by atomic mass is 31.3. The van der Waals surface area contributed by atoms with Gasteiger partial charge in [-0.3, -0.25) is 9.34 Å². The van der Waals surface area contributed by atoms with Crippen LogP contribution >= 0.6 is 22.8 Å². The minimum atomic E-state index is -4.17. The van der Waals surface area contributed by atoms with Crippen LogP contribution in [0.4, 0.5) is 23.0 Å². The molecule has 18 heteroatoms. The summed E-state index contributed by atoms with van der Waals surface area (Å²) in [5.41, 5.74) is 5.06. The van der Waals surface area contributed by atoms with E-state index in [-0.39, 0.29) is 23.5 Å². The summed E-state index contributed by atoms with van der Waals surface area (Å²) in [5, 5.41) is 0. The maximum atomic E-state index is 7.00. The smallest absolute Gasteiger partial charge is 0.395 e. The van der Waals surface area contributed by atoms with Crippen molar-refractivity contribution in [3.8, 4) is 23.5 Å². The average molecular weight is 828 g/mol. The highest BCUT2D eigenvalue weighted by Crippen LogP contribution is 2.85. The van der Waals surface area contributed by atoms with Gasteiger partial charge in [0.2, 0.25) is 23.5 Å². The van der Waals surface area contributed by atoms with Crippen LogP contribution in [0.25, 0.3) is 0 Å². The van der Waals surface area contributed by atoms with Crippen LogP contribution in [0.2, 0.25) is 0 Å². The van der Waals surface area contributed by atoms with Gasteiger partial charge in [-0.05, 0) is 111 Å². The van der Waals surface area contributed by atoms with Crippen LogP contribution in [-0.4, -0.2) is 29.9 Å². The highest BCUT2D eigenvalue weighted by molar-refractivity contribution is 7.84. The molecule has 58 heavy (non-hydrogen) atoms. The lowest BCUT2D eigenvalue weighted by molar-refractivity contribution is 0.440. The van der Waals surface area contributed by atoms with Crippen molar-refractivity contribution in [1.29, 1.82) is 0 Å². The molecule has 0 aliphatic carbocycles. The van der Waals surface area contributed by atoms with Gasteiger partial charge >= 0.3 is 15.3 Å². The first-order chi connectivity index (χ1) is 28.2. The average Bonchev–Trinajstić information content (AvgIpc) is 3.46. The van der Waals surface area contributed by atoms with Gasteiger partial charge in [0.15, 0.2) is 0 Å². The zero-order valence-electron chi connectivity index (χ0n) is 31.8. The van der Waals surface area contributed by atoms with E-state index in [0.29, 0.717) is 11.6 Å². The van der Waals surface area contributed by atoms with E-state index in [1.54, 1.807) is 61.4 Å². The van der Waals surface area contributed by atoms with Crippen molar-refractivity contribution < 1.29 is 18.1 Å². The van der Waals surface area contributed by atoms with Crippen molar-refractivity contribution in [1.82, 2.24) is 29.9 Å². The summed E-state index contributed by atoms with van der Waals surface area (Å²) in [4.78, 5) is 28.2. The number of para-hydroxylation sites is 2.